The van der Waals surface area contributed by atoms with Gasteiger partial charge in [0.2, 0.25) is 0 Å². The summed E-state index contributed by atoms with van der Waals surface area (Å²) in [4.78, 5) is 10.4. The van der Waals surface area contributed by atoms with Crippen LogP contribution in [-0.4, -0.2) is 36.6 Å². The van der Waals surface area contributed by atoms with Crippen LogP contribution in [0.15, 0.2) is 0 Å². The molecule has 0 aromatic carbocycles. The summed E-state index contributed by atoms with van der Waals surface area (Å²) in [5.74, 6) is -0.901. The molecule has 3 heteroatoms. The van der Waals surface area contributed by atoms with Crippen molar-refractivity contribution in [3.63, 3.8) is 0 Å². The Bertz CT molecular complexity index is 335. The maximum Gasteiger partial charge on any atom is 0.0786 e. The number of quaternary nitrogens is 1. The van der Waals surface area contributed by atoms with E-state index in [2.05, 4.69) is 20.8 Å². The molecular weight excluding hydrogens is 358 g/mol. The number of aliphatic carboxylic acids is 1. The first-order chi connectivity index (χ1) is 14.1. The van der Waals surface area contributed by atoms with Gasteiger partial charge in [0.15, 0.2) is 0 Å². The van der Waals surface area contributed by atoms with Gasteiger partial charge in [0, 0.05) is 5.97 Å². The SMILES string of the molecule is CCCC[N+](CCCC)(CCCC)CCCCCCCCCCCCCC(=O)[O-]. The van der Waals surface area contributed by atoms with Gasteiger partial charge in [-0.15, -0.1) is 0 Å². The number of hydrogen-bond donors (Lipinski definition) is 0. The van der Waals surface area contributed by atoms with E-state index in [1.165, 1.54) is 127 Å². The largest absolute Gasteiger partial charge is 0.550 e. The van der Waals surface area contributed by atoms with Gasteiger partial charge in [-0.05, 0) is 44.9 Å². The molecule has 3 nitrogen and oxygen atoms in total. The molecule has 0 atom stereocenters. The number of unbranched alkanes of at least 4 members (excludes halogenated alkanes) is 13. The average molecular weight is 412 g/mol. The lowest BCUT2D eigenvalue weighted by Crippen LogP contribution is -2.50. The molecule has 0 spiro atoms. The smallest absolute Gasteiger partial charge is 0.0786 e. The standard InChI is InChI=1S/C26H53NO2/c1-4-7-22-27(23-8-5-2,24-9-6-3)25-20-18-16-14-12-10-11-13-15-17-19-21-26(28)29/h4-25H2,1-3H3. The molecule has 0 aromatic heterocycles. The Balaban J connectivity index is 3.83. The molecule has 0 saturated heterocycles. The lowest BCUT2D eigenvalue weighted by atomic mass is 10.0. The highest BCUT2D eigenvalue weighted by atomic mass is 16.4. The molecule has 174 valence electrons. The van der Waals surface area contributed by atoms with Gasteiger partial charge in [0.1, 0.15) is 0 Å². The van der Waals surface area contributed by atoms with Crippen LogP contribution in [-0.2, 0) is 4.79 Å². The Kier molecular flexibility index (Phi) is 20.3. The van der Waals surface area contributed by atoms with Crippen molar-refractivity contribution in [2.45, 2.75) is 136 Å². The van der Waals surface area contributed by atoms with Gasteiger partial charge in [-0.3, -0.25) is 0 Å². The minimum Gasteiger partial charge on any atom is -0.550 e. The Morgan fingerprint density at radius 3 is 1.17 bits per heavy atom. The fourth-order valence-electron chi connectivity index (χ4n) is 4.46. The van der Waals surface area contributed by atoms with Crippen LogP contribution in [0.3, 0.4) is 0 Å². The molecule has 0 radical (unpaired) electrons. The van der Waals surface area contributed by atoms with Crippen LogP contribution < -0.4 is 5.11 Å². The molecule has 0 rings (SSSR count). The van der Waals surface area contributed by atoms with Crippen molar-refractivity contribution in [3.8, 4) is 0 Å². The first-order valence-electron chi connectivity index (χ1n) is 13.1. The third kappa shape index (κ3) is 18.0. The van der Waals surface area contributed by atoms with E-state index in [4.69, 9.17) is 0 Å². The second kappa shape index (κ2) is 20.7. The molecule has 0 fully saturated rings. The summed E-state index contributed by atoms with van der Waals surface area (Å²) < 4.78 is 1.40. The summed E-state index contributed by atoms with van der Waals surface area (Å²) in [6, 6.07) is 0. The number of carbonyl (C=O) groups excluding carboxylic acids is 1. The molecule has 0 aliphatic rings. The van der Waals surface area contributed by atoms with E-state index in [1.807, 2.05) is 0 Å². The van der Waals surface area contributed by atoms with Gasteiger partial charge in [0.25, 0.3) is 0 Å². The lowest BCUT2D eigenvalue weighted by Gasteiger charge is -2.39. The fraction of sp³-hybridized carbons (Fsp3) is 0.962. The molecule has 0 aromatic rings. The lowest BCUT2D eigenvalue weighted by molar-refractivity contribution is -0.929. The van der Waals surface area contributed by atoms with Crippen LogP contribution in [0.2, 0.25) is 0 Å². The minimum atomic E-state index is -0.901. The molecule has 0 heterocycles. The molecule has 0 unspecified atom stereocenters. The summed E-state index contributed by atoms with van der Waals surface area (Å²) in [7, 11) is 0. The van der Waals surface area contributed by atoms with E-state index in [0.29, 0.717) is 0 Å². The average Bonchev–Trinajstić information content (AvgIpc) is 2.71. The highest BCUT2D eigenvalue weighted by molar-refractivity contribution is 5.63. The van der Waals surface area contributed by atoms with Gasteiger partial charge < -0.3 is 14.4 Å². The summed E-state index contributed by atoms with van der Waals surface area (Å²) >= 11 is 0. The van der Waals surface area contributed by atoms with Crippen LogP contribution >= 0.6 is 0 Å². The number of carbonyl (C=O) groups is 1. The Hall–Kier alpha value is -0.570. The van der Waals surface area contributed by atoms with Gasteiger partial charge in [-0.25, -0.2) is 0 Å². The molecule has 29 heavy (non-hydrogen) atoms. The van der Waals surface area contributed by atoms with Crippen LogP contribution in [0.4, 0.5) is 0 Å². The zero-order valence-corrected chi connectivity index (χ0v) is 20.3. The predicted molar refractivity (Wildman–Crippen MR) is 125 cm³/mol. The van der Waals surface area contributed by atoms with Crippen LogP contribution in [0.1, 0.15) is 136 Å². The maximum absolute atomic E-state index is 10.4. The summed E-state index contributed by atoms with van der Waals surface area (Å²) in [5, 5.41) is 10.4. The van der Waals surface area contributed by atoms with Crippen molar-refractivity contribution in [2.75, 3.05) is 26.2 Å². The van der Waals surface area contributed by atoms with Crippen molar-refractivity contribution in [1.82, 2.24) is 0 Å². The van der Waals surface area contributed by atoms with Crippen LogP contribution in [0, 0.1) is 0 Å². The Labute approximate surface area is 183 Å². The molecule has 0 bridgehead atoms. The van der Waals surface area contributed by atoms with E-state index in [-0.39, 0.29) is 6.42 Å². The summed E-state index contributed by atoms with van der Waals surface area (Å²) in [5.41, 5.74) is 0. The zero-order chi connectivity index (χ0) is 21.6. The van der Waals surface area contributed by atoms with Crippen LogP contribution in [0.25, 0.3) is 0 Å². The molecule has 0 N–H and O–H groups in total. The Morgan fingerprint density at radius 1 is 0.517 bits per heavy atom. The van der Waals surface area contributed by atoms with E-state index < -0.39 is 5.97 Å². The third-order valence-corrected chi connectivity index (χ3v) is 6.47. The molecule has 0 amide bonds. The predicted octanol–water partition coefficient (Wildman–Crippen LogP) is 6.63. The second-order valence-corrected chi connectivity index (χ2v) is 9.31. The summed E-state index contributed by atoms with van der Waals surface area (Å²) in [6.07, 6.45) is 22.3. The summed E-state index contributed by atoms with van der Waals surface area (Å²) in [6.45, 7) is 12.6. The molecule has 0 saturated carbocycles. The Morgan fingerprint density at radius 2 is 0.828 bits per heavy atom. The van der Waals surface area contributed by atoms with Crippen molar-refractivity contribution >= 4 is 5.97 Å². The van der Waals surface area contributed by atoms with Crippen molar-refractivity contribution in [1.29, 1.82) is 0 Å². The van der Waals surface area contributed by atoms with Crippen molar-refractivity contribution < 1.29 is 14.4 Å². The highest BCUT2D eigenvalue weighted by Crippen LogP contribution is 2.18. The van der Waals surface area contributed by atoms with E-state index in [9.17, 15) is 9.90 Å². The quantitative estimate of drug-likeness (QED) is 0.140. The number of carboxylic acids is 1. The highest BCUT2D eigenvalue weighted by Gasteiger charge is 2.24. The van der Waals surface area contributed by atoms with Gasteiger partial charge in [-0.2, -0.15) is 0 Å². The number of nitrogens with zero attached hydrogens (tertiary/aromatic N) is 1. The fourth-order valence-corrected chi connectivity index (χ4v) is 4.46. The van der Waals surface area contributed by atoms with Crippen molar-refractivity contribution in [2.24, 2.45) is 0 Å². The van der Waals surface area contributed by atoms with Gasteiger partial charge in [-0.1, -0.05) is 91.4 Å². The monoisotopic (exact) mass is 411 g/mol. The van der Waals surface area contributed by atoms with E-state index >= 15 is 0 Å². The van der Waals surface area contributed by atoms with Crippen LogP contribution in [0.5, 0.6) is 0 Å². The maximum atomic E-state index is 10.4. The normalized spacial score (nSPS) is 11.8. The van der Waals surface area contributed by atoms with E-state index in [0.717, 1.165) is 12.8 Å². The first-order valence-corrected chi connectivity index (χ1v) is 13.1. The van der Waals surface area contributed by atoms with Crippen molar-refractivity contribution in [3.05, 3.63) is 0 Å². The third-order valence-electron chi connectivity index (χ3n) is 6.47. The first kappa shape index (κ1) is 28.4. The zero-order valence-electron chi connectivity index (χ0n) is 20.3. The second-order valence-electron chi connectivity index (χ2n) is 9.31. The van der Waals surface area contributed by atoms with E-state index in [1.54, 1.807) is 0 Å². The topological polar surface area (TPSA) is 40.1 Å². The van der Waals surface area contributed by atoms with Gasteiger partial charge >= 0.3 is 0 Å². The molecule has 0 aliphatic heterocycles. The van der Waals surface area contributed by atoms with Gasteiger partial charge in [0.05, 0.1) is 26.2 Å². The molecular formula is C26H53NO2. The number of hydrogen-bond acceptors (Lipinski definition) is 2. The minimum absolute atomic E-state index is 0.231. The molecule has 0 aliphatic carbocycles. The number of carboxylic acid groups (broad SMARTS) is 1. The number of rotatable bonds is 23.